The Kier molecular flexibility index (Phi) is 3.96. The van der Waals surface area contributed by atoms with Crippen LogP contribution >= 0.6 is 0 Å². The zero-order valence-corrected chi connectivity index (χ0v) is 13.3. The molecule has 4 heterocycles. The van der Waals surface area contributed by atoms with Crippen molar-refractivity contribution in [3.8, 4) is 17.1 Å². The Morgan fingerprint density at radius 3 is 3.00 bits per heavy atom. The number of hydrogen-bond donors (Lipinski definition) is 2. The smallest absolute Gasteiger partial charge is 0.333 e. The first kappa shape index (κ1) is 15.8. The number of rotatable bonds is 5. The van der Waals surface area contributed by atoms with Gasteiger partial charge in [-0.2, -0.15) is 18.6 Å². The van der Waals surface area contributed by atoms with Crippen molar-refractivity contribution in [1.82, 2.24) is 29.5 Å². The first-order chi connectivity index (χ1) is 12.1. The fourth-order valence-corrected chi connectivity index (χ4v) is 2.97. The predicted molar refractivity (Wildman–Crippen MR) is 86.4 cm³/mol. The molecule has 3 aromatic heterocycles. The van der Waals surface area contributed by atoms with Gasteiger partial charge in [-0.1, -0.05) is 0 Å². The molecule has 3 aromatic rings. The van der Waals surface area contributed by atoms with E-state index in [1.807, 2.05) is 0 Å². The summed E-state index contributed by atoms with van der Waals surface area (Å²) >= 11 is 0. The highest BCUT2D eigenvalue weighted by Crippen LogP contribution is 2.32. The molecule has 1 unspecified atom stereocenters. The fourth-order valence-electron chi connectivity index (χ4n) is 2.97. The number of hydrogen-bond acceptors (Lipinski definition) is 6. The summed E-state index contributed by atoms with van der Waals surface area (Å²) in [6.45, 7) is -1.47. The van der Waals surface area contributed by atoms with Crippen LogP contribution in [0.15, 0.2) is 24.8 Å². The highest BCUT2D eigenvalue weighted by atomic mass is 19.3. The van der Waals surface area contributed by atoms with Crippen molar-refractivity contribution in [2.75, 3.05) is 18.9 Å². The van der Waals surface area contributed by atoms with Gasteiger partial charge in [-0.25, -0.2) is 9.97 Å². The van der Waals surface area contributed by atoms with E-state index in [1.165, 1.54) is 12.4 Å². The Hall–Kier alpha value is -2.75. The van der Waals surface area contributed by atoms with E-state index in [-0.39, 0.29) is 17.5 Å². The summed E-state index contributed by atoms with van der Waals surface area (Å²) in [7, 11) is 0. The van der Waals surface area contributed by atoms with Crippen LogP contribution in [0.2, 0.25) is 0 Å². The van der Waals surface area contributed by atoms with Crippen LogP contribution in [-0.4, -0.2) is 43.3 Å². The summed E-state index contributed by atoms with van der Waals surface area (Å²) in [5.41, 5.74) is 6.62. The molecule has 0 aromatic carbocycles. The van der Waals surface area contributed by atoms with Gasteiger partial charge in [0.05, 0.1) is 18.6 Å². The highest BCUT2D eigenvalue weighted by molar-refractivity contribution is 5.63. The van der Waals surface area contributed by atoms with Crippen LogP contribution in [0.4, 0.5) is 14.6 Å². The minimum Gasteiger partial charge on any atom is -0.488 e. The van der Waals surface area contributed by atoms with Gasteiger partial charge in [-0.3, -0.25) is 0 Å². The van der Waals surface area contributed by atoms with Gasteiger partial charge in [-0.05, 0) is 19.4 Å². The van der Waals surface area contributed by atoms with E-state index >= 15 is 0 Å². The molecule has 0 saturated carbocycles. The number of imidazole rings is 1. The number of nitrogens with two attached hydrogens (primary N) is 1. The van der Waals surface area contributed by atoms with Crippen LogP contribution < -0.4 is 15.8 Å². The first-order valence-corrected chi connectivity index (χ1v) is 7.94. The minimum absolute atomic E-state index is 0.127. The molecule has 0 spiro atoms. The van der Waals surface area contributed by atoms with Crippen LogP contribution in [0.1, 0.15) is 19.4 Å². The summed E-state index contributed by atoms with van der Waals surface area (Å²) in [4.78, 5) is 8.29. The molecule has 1 saturated heterocycles. The van der Waals surface area contributed by atoms with Crippen molar-refractivity contribution in [2.24, 2.45) is 0 Å². The molecule has 1 aliphatic heterocycles. The molecule has 0 amide bonds. The van der Waals surface area contributed by atoms with Crippen molar-refractivity contribution >= 4 is 11.5 Å². The summed E-state index contributed by atoms with van der Waals surface area (Å²) in [6.07, 6.45) is 8.01. The van der Waals surface area contributed by atoms with E-state index in [2.05, 4.69) is 20.4 Å². The van der Waals surface area contributed by atoms with Crippen LogP contribution in [-0.2, 0) is 0 Å². The molecule has 3 N–H and O–H groups in total. The van der Waals surface area contributed by atoms with Crippen molar-refractivity contribution in [1.29, 1.82) is 0 Å². The van der Waals surface area contributed by atoms with Gasteiger partial charge < -0.3 is 20.2 Å². The lowest BCUT2D eigenvalue weighted by molar-refractivity contribution is 0.0582. The monoisotopic (exact) mass is 349 g/mol. The Bertz CT molecular complexity index is 885. The zero-order chi connectivity index (χ0) is 17.4. The number of nitrogen functional groups attached to an aromatic ring is 1. The molecule has 1 aliphatic rings. The van der Waals surface area contributed by atoms with Gasteiger partial charge in [-0.15, -0.1) is 0 Å². The normalized spacial score (nSPS) is 17.6. The van der Waals surface area contributed by atoms with Crippen LogP contribution in [0.5, 0.6) is 5.75 Å². The second-order valence-corrected chi connectivity index (χ2v) is 5.89. The van der Waals surface area contributed by atoms with Crippen LogP contribution in [0, 0.1) is 0 Å². The zero-order valence-electron chi connectivity index (χ0n) is 13.3. The summed E-state index contributed by atoms with van der Waals surface area (Å²) in [6, 6.07) is 0.214. The predicted octanol–water partition coefficient (Wildman–Crippen LogP) is 1.70. The highest BCUT2D eigenvalue weighted by Gasteiger charge is 2.23. The summed E-state index contributed by atoms with van der Waals surface area (Å²) < 4.78 is 34.7. The van der Waals surface area contributed by atoms with Crippen molar-refractivity contribution in [3.05, 3.63) is 24.8 Å². The second-order valence-electron chi connectivity index (χ2n) is 5.89. The van der Waals surface area contributed by atoms with Crippen molar-refractivity contribution in [2.45, 2.75) is 25.4 Å². The summed E-state index contributed by atoms with van der Waals surface area (Å²) in [5, 5.41) is 7.05. The molecule has 4 rings (SSSR count). The second kappa shape index (κ2) is 6.28. The number of ether oxygens (including phenoxy) is 1. The van der Waals surface area contributed by atoms with Gasteiger partial charge in [0.25, 0.3) is 0 Å². The van der Waals surface area contributed by atoms with Gasteiger partial charge in [0.1, 0.15) is 23.8 Å². The third-order valence-electron chi connectivity index (χ3n) is 4.15. The number of nitrogens with one attached hydrogen (secondary N) is 1. The molecule has 0 radical (unpaired) electrons. The maximum absolute atomic E-state index is 13.4. The quantitative estimate of drug-likeness (QED) is 0.728. The third-order valence-corrected chi connectivity index (χ3v) is 4.15. The number of halogens is 2. The number of anilines is 1. The lowest BCUT2D eigenvalue weighted by Crippen LogP contribution is -2.28. The Morgan fingerprint density at radius 2 is 2.24 bits per heavy atom. The van der Waals surface area contributed by atoms with Gasteiger partial charge in [0.2, 0.25) is 0 Å². The van der Waals surface area contributed by atoms with Gasteiger partial charge >= 0.3 is 6.55 Å². The molecule has 1 fully saturated rings. The lowest BCUT2D eigenvalue weighted by Gasteiger charge is -2.13. The Balaban J connectivity index is 1.70. The molecule has 1 atom stereocenters. The maximum Gasteiger partial charge on any atom is 0.333 e. The van der Waals surface area contributed by atoms with E-state index in [1.54, 1.807) is 16.8 Å². The molecule has 25 heavy (non-hydrogen) atoms. The standard InChI is InChI=1S/C15H17F2N7O/c16-15(17)24-14(10-6-23-7-12(18)22-13(23)5-20-10)11(4-21-24)25-8-9-2-1-3-19-9/h4-7,9,15,19H,1-3,8,18H2. The number of alkyl halides is 2. The number of aromatic nitrogens is 5. The van der Waals surface area contributed by atoms with E-state index in [0.717, 1.165) is 19.4 Å². The van der Waals surface area contributed by atoms with Crippen LogP contribution in [0.25, 0.3) is 17.0 Å². The molecule has 10 heteroatoms. The molecule has 0 bridgehead atoms. The SMILES string of the molecule is Nc1cn2cc(-c3c(OCC4CCCN4)cnn3C(F)F)ncc2n1. The molecule has 132 valence electrons. The molecular weight excluding hydrogens is 332 g/mol. The van der Waals surface area contributed by atoms with Gasteiger partial charge in [0, 0.05) is 12.2 Å². The average molecular weight is 349 g/mol. The maximum atomic E-state index is 13.4. The topological polar surface area (TPSA) is 95.3 Å². The molecule has 8 nitrogen and oxygen atoms in total. The van der Waals surface area contributed by atoms with Crippen molar-refractivity contribution in [3.63, 3.8) is 0 Å². The molecular formula is C15H17F2N7O. The first-order valence-electron chi connectivity index (χ1n) is 7.94. The third kappa shape index (κ3) is 3.00. The average Bonchev–Trinajstić information content (AvgIpc) is 3.30. The van der Waals surface area contributed by atoms with Gasteiger partial charge in [0.15, 0.2) is 11.4 Å². The fraction of sp³-hybridized carbons (Fsp3) is 0.400. The lowest BCUT2D eigenvalue weighted by atomic mass is 10.2. The molecule has 0 aliphatic carbocycles. The van der Waals surface area contributed by atoms with Crippen LogP contribution in [0.3, 0.4) is 0 Å². The van der Waals surface area contributed by atoms with E-state index < -0.39 is 6.55 Å². The Morgan fingerprint density at radius 1 is 1.36 bits per heavy atom. The number of nitrogens with zero attached hydrogens (tertiary/aromatic N) is 5. The Labute approximate surface area is 141 Å². The minimum atomic E-state index is -2.80. The van der Waals surface area contributed by atoms with E-state index in [0.29, 0.717) is 28.4 Å². The number of fused-ring (bicyclic) bond motifs is 1. The summed E-state index contributed by atoms with van der Waals surface area (Å²) in [5.74, 6) is 0.596. The van der Waals surface area contributed by atoms with E-state index in [4.69, 9.17) is 10.5 Å². The van der Waals surface area contributed by atoms with Crippen molar-refractivity contribution < 1.29 is 13.5 Å². The largest absolute Gasteiger partial charge is 0.488 e. The van der Waals surface area contributed by atoms with E-state index in [9.17, 15) is 8.78 Å².